The van der Waals surface area contributed by atoms with Crippen LogP contribution in [0, 0.1) is 11.8 Å². The van der Waals surface area contributed by atoms with E-state index in [4.69, 9.17) is 5.73 Å². The fraction of sp³-hybridized carbons (Fsp3) is 0.308. The summed E-state index contributed by atoms with van der Waals surface area (Å²) >= 11 is 0. The Bertz CT molecular complexity index is 430. The molecule has 0 saturated heterocycles. The van der Waals surface area contributed by atoms with Gasteiger partial charge in [-0.2, -0.15) is 0 Å². The molecule has 0 saturated carbocycles. The van der Waals surface area contributed by atoms with Gasteiger partial charge in [-0.1, -0.05) is 25.0 Å². The summed E-state index contributed by atoms with van der Waals surface area (Å²) in [5.74, 6) is 5.99. The molecular weight excluding hydrogens is 325 g/mol. The maximum Gasteiger partial charge on any atom is 0.194 e. The molecule has 1 rings (SSSR count). The third-order valence-corrected chi connectivity index (χ3v) is 2.11. The highest BCUT2D eigenvalue weighted by Gasteiger charge is 1.95. The first-order chi connectivity index (χ1) is 7.76. The summed E-state index contributed by atoms with van der Waals surface area (Å²) in [6, 6.07) is 8.11. The Morgan fingerprint density at radius 1 is 1.47 bits per heavy atom. The van der Waals surface area contributed by atoms with Crippen molar-refractivity contribution in [3.05, 3.63) is 29.8 Å². The second-order valence-corrected chi connectivity index (χ2v) is 3.31. The van der Waals surface area contributed by atoms with Crippen LogP contribution in [-0.2, 0) is 6.42 Å². The van der Waals surface area contributed by atoms with Crippen LogP contribution >= 0.6 is 24.0 Å². The molecule has 17 heavy (non-hydrogen) atoms. The summed E-state index contributed by atoms with van der Waals surface area (Å²) in [6.07, 6.45) is 1.01. The van der Waals surface area contributed by atoms with E-state index in [2.05, 4.69) is 41.2 Å². The standard InChI is InChI=1S/C13H17N3.HI/c1-3-5-9-15-13(14)16-12-8-6-7-11(4-2)10-12;/h6-8,10H,4,9H2,1-2H3,(H3,14,15,16);1H. The molecule has 92 valence electrons. The lowest BCUT2D eigenvalue weighted by atomic mass is 10.1. The Kier molecular flexibility index (Phi) is 8.24. The van der Waals surface area contributed by atoms with Crippen LogP contribution in [0.15, 0.2) is 29.3 Å². The lowest BCUT2D eigenvalue weighted by Gasteiger charge is -2.06. The number of nitrogens with one attached hydrogen (secondary N) is 1. The van der Waals surface area contributed by atoms with Gasteiger partial charge in [0.25, 0.3) is 0 Å². The first-order valence-corrected chi connectivity index (χ1v) is 5.31. The molecule has 0 radical (unpaired) electrons. The molecule has 0 unspecified atom stereocenters. The average molecular weight is 343 g/mol. The number of rotatable bonds is 3. The van der Waals surface area contributed by atoms with E-state index in [9.17, 15) is 0 Å². The number of guanidine groups is 1. The number of anilines is 1. The second kappa shape index (κ2) is 8.88. The normalized spacial score (nSPS) is 9.88. The third kappa shape index (κ3) is 6.17. The Hall–Kier alpha value is -1.22. The van der Waals surface area contributed by atoms with E-state index in [0.717, 1.165) is 12.1 Å². The zero-order chi connectivity index (χ0) is 11.8. The number of nitrogens with two attached hydrogens (primary N) is 1. The molecule has 3 N–H and O–H groups in total. The first kappa shape index (κ1) is 15.8. The van der Waals surface area contributed by atoms with Crippen LogP contribution in [-0.4, -0.2) is 12.5 Å². The lowest BCUT2D eigenvalue weighted by molar-refractivity contribution is 1.14. The van der Waals surface area contributed by atoms with Crippen molar-refractivity contribution in [1.29, 1.82) is 0 Å². The highest BCUT2D eigenvalue weighted by Crippen LogP contribution is 2.10. The predicted molar refractivity (Wildman–Crippen MR) is 84.8 cm³/mol. The Morgan fingerprint density at radius 3 is 2.88 bits per heavy atom. The molecule has 0 bridgehead atoms. The molecule has 0 spiro atoms. The molecule has 0 fully saturated rings. The van der Waals surface area contributed by atoms with Crippen LogP contribution in [0.1, 0.15) is 19.4 Å². The highest BCUT2D eigenvalue weighted by molar-refractivity contribution is 14.0. The lowest BCUT2D eigenvalue weighted by Crippen LogP contribution is -2.22. The maximum atomic E-state index is 5.71. The summed E-state index contributed by atoms with van der Waals surface area (Å²) in [7, 11) is 0. The van der Waals surface area contributed by atoms with E-state index in [0.29, 0.717) is 12.5 Å². The molecule has 0 aliphatic carbocycles. The van der Waals surface area contributed by atoms with Crippen molar-refractivity contribution < 1.29 is 0 Å². The molecule has 0 heterocycles. The van der Waals surface area contributed by atoms with Crippen LogP contribution in [0.5, 0.6) is 0 Å². The van der Waals surface area contributed by atoms with Gasteiger partial charge < -0.3 is 11.1 Å². The number of aryl methyl sites for hydroxylation is 1. The molecular formula is C13H18IN3. The van der Waals surface area contributed by atoms with E-state index in [1.54, 1.807) is 6.92 Å². The van der Waals surface area contributed by atoms with E-state index < -0.39 is 0 Å². The Labute approximate surface area is 120 Å². The van der Waals surface area contributed by atoms with Crippen molar-refractivity contribution in [1.82, 2.24) is 0 Å². The van der Waals surface area contributed by atoms with E-state index in [-0.39, 0.29) is 24.0 Å². The van der Waals surface area contributed by atoms with Crippen molar-refractivity contribution in [3.63, 3.8) is 0 Å². The fourth-order valence-electron chi connectivity index (χ4n) is 1.26. The van der Waals surface area contributed by atoms with Gasteiger partial charge in [-0.25, -0.2) is 4.99 Å². The second-order valence-electron chi connectivity index (χ2n) is 3.31. The third-order valence-electron chi connectivity index (χ3n) is 2.11. The number of nitrogens with zero attached hydrogens (tertiary/aromatic N) is 1. The molecule has 0 atom stereocenters. The summed E-state index contributed by atoms with van der Waals surface area (Å²) in [5.41, 5.74) is 7.94. The molecule has 4 heteroatoms. The van der Waals surface area contributed by atoms with Gasteiger partial charge in [0.15, 0.2) is 5.96 Å². The molecule has 1 aromatic rings. The summed E-state index contributed by atoms with van der Waals surface area (Å²) < 4.78 is 0. The largest absolute Gasteiger partial charge is 0.370 e. The molecule has 0 aliphatic heterocycles. The summed E-state index contributed by atoms with van der Waals surface area (Å²) in [5, 5.41) is 3.04. The molecule has 1 aromatic carbocycles. The van der Waals surface area contributed by atoms with Gasteiger partial charge in [-0.05, 0) is 31.0 Å². The SMILES string of the molecule is CC#CCN=C(N)Nc1cccc(CC)c1.I. The summed E-state index contributed by atoms with van der Waals surface area (Å²) in [6.45, 7) is 4.33. The first-order valence-electron chi connectivity index (χ1n) is 5.31. The molecule has 0 amide bonds. The van der Waals surface area contributed by atoms with Gasteiger partial charge in [0.05, 0.1) is 0 Å². The quantitative estimate of drug-likeness (QED) is 0.384. The smallest absolute Gasteiger partial charge is 0.194 e. The molecule has 0 aromatic heterocycles. The minimum Gasteiger partial charge on any atom is -0.370 e. The van der Waals surface area contributed by atoms with Gasteiger partial charge in [0.1, 0.15) is 6.54 Å². The zero-order valence-corrected chi connectivity index (χ0v) is 12.5. The van der Waals surface area contributed by atoms with Crippen LogP contribution < -0.4 is 11.1 Å². The zero-order valence-electron chi connectivity index (χ0n) is 10.2. The van der Waals surface area contributed by atoms with E-state index >= 15 is 0 Å². The summed E-state index contributed by atoms with van der Waals surface area (Å²) in [4.78, 5) is 4.07. The number of benzene rings is 1. The van der Waals surface area contributed by atoms with Crippen LogP contribution in [0.3, 0.4) is 0 Å². The number of hydrogen-bond donors (Lipinski definition) is 2. The minimum atomic E-state index is 0. The van der Waals surface area contributed by atoms with Crippen LogP contribution in [0.25, 0.3) is 0 Å². The van der Waals surface area contributed by atoms with Crippen LogP contribution in [0.4, 0.5) is 5.69 Å². The highest BCUT2D eigenvalue weighted by atomic mass is 127. The monoisotopic (exact) mass is 343 g/mol. The molecule has 3 nitrogen and oxygen atoms in total. The predicted octanol–water partition coefficient (Wildman–Crippen LogP) is 2.62. The van der Waals surface area contributed by atoms with E-state index in [1.807, 2.05) is 12.1 Å². The van der Waals surface area contributed by atoms with Crippen LogP contribution in [0.2, 0.25) is 0 Å². The fourth-order valence-corrected chi connectivity index (χ4v) is 1.26. The van der Waals surface area contributed by atoms with Crippen molar-refractivity contribution in [2.45, 2.75) is 20.3 Å². The van der Waals surface area contributed by atoms with Crippen molar-refractivity contribution >= 4 is 35.6 Å². The van der Waals surface area contributed by atoms with Crippen molar-refractivity contribution in [3.8, 4) is 11.8 Å². The van der Waals surface area contributed by atoms with Crippen molar-refractivity contribution in [2.75, 3.05) is 11.9 Å². The van der Waals surface area contributed by atoms with Gasteiger partial charge >= 0.3 is 0 Å². The number of halogens is 1. The number of hydrogen-bond acceptors (Lipinski definition) is 1. The van der Waals surface area contributed by atoms with Gasteiger partial charge in [-0.3, -0.25) is 0 Å². The van der Waals surface area contributed by atoms with E-state index in [1.165, 1.54) is 5.56 Å². The Morgan fingerprint density at radius 2 is 2.24 bits per heavy atom. The number of aliphatic imine (C=N–C) groups is 1. The van der Waals surface area contributed by atoms with Crippen molar-refractivity contribution in [2.24, 2.45) is 10.7 Å². The van der Waals surface area contributed by atoms with Gasteiger partial charge in [-0.15, -0.1) is 29.9 Å². The minimum absolute atomic E-state index is 0. The molecule has 0 aliphatic rings. The topological polar surface area (TPSA) is 50.4 Å². The van der Waals surface area contributed by atoms with Gasteiger partial charge in [0, 0.05) is 5.69 Å². The average Bonchev–Trinajstić information content (AvgIpc) is 2.29. The maximum absolute atomic E-state index is 5.71. The Balaban J connectivity index is 0.00000256. The van der Waals surface area contributed by atoms with Gasteiger partial charge in [0.2, 0.25) is 0 Å².